The average Bonchev–Trinajstić information content (AvgIpc) is 2.88. The van der Waals surface area contributed by atoms with E-state index in [1.807, 2.05) is 0 Å². The summed E-state index contributed by atoms with van der Waals surface area (Å²) in [5.74, 6) is 0.00357. The highest BCUT2D eigenvalue weighted by Gasteiger charge is 2.24. The van der Waals surface area contributed by atoms with Crippen LogP contribution in [0.2, 0.25) is 0 Å². The van der Waals surface area contributed by atoms with Gasteiger partial charge in [0, 0.05) is 19.0 Å². The van der Waals surface area contributed by atoms with E-state index in [-0.39, 0.29) is 17.9 Å². The summed E-state index contributed by atoms with van der Waals surface area (Å²) in [5, 5.41) is 8.61. The summed E-state index contributed by atoms with van der Waals surface area (Å²) in [6.45, 7) is 0.934. The molecule has 0 aromatic heterocycles. The van der Waals surface area contributed by atoms with Crippen molar-refractivity contribution in [3.05, 3.63) is 0 Å². The smallest absolute Gasteiger partial charge is 0.234 e. The van der Waals surface area contributed by atoms with E-state index >= 15 is 0 Å². The molecule has 0 bridgehead atoms. The fourth-order valence-electron chi connectivity index (χ4n) is 1.51. The molecule has 1 heterocycles. The first-order valence-corrected chi connectivity index (χ1v) is 5.03. The number of nitrogens with one attached hydrogen (secondary N) is 3. The molecule has 0 radical (unpaired) electrons. The highest BCUT2D eigenvalue weighted by atomic mass is 16.2. The second kappa shape index (κ2) is 3.96. The summed E-state index contributed by atoms with van der Waals surface area (Å²) in [6.07, 6.45) is 2.77. The van der Waals surface area contributed by atoms with Gasteiger partial charge in [0.1, 0.15) is 0 Å². The molecule has 2 aliphatic rings. The van der Waals surface area contributed by atoms with Gasteiger partial charge in [-0.25, -0.2) is 0 Å². The first-order valence-electron chi connectivity index (χ1n) is 5.03. The largest absolute Gasteiger partial charge is 0.354 e. The lowest BCUT2D eigenvalue weighted by atomic mass is 10.2. The lowest BCUT2D eigenvalue weighted by Gasteiger charge is -2.10. The number of carbonyl (C=O) groups excluding carboxylic acids is 2. The number of carbonyl (C=O) groups is 2. The summed E-state index contributed by atoms with van der Waals surface area (Å²) in [5.41, 5.74) is 0. The molecular weight excluding hydrogens is 182 g/mol. The van der Waals surface area contributed by atoms with Crippen LogP contribution < -0.4 is 16.0 Å². The van der Waals surface area contributed by atoms with Crippen LogP contribution in [0.4, 0.5) is 0 Å². The predicted octanol–water partition coefficient (Wildman–Crippen LogP) is -1.26. The van der Waals surface area contributed by atoms with Crippen LogP contribution in [-0.2, 0) is 9.59 Å². The molecule has 0 aromatic carbocycles. The van der Waals surface area contributed by atoms with E-state index in [4.69, 9.17) is 0 Å². The minimum absolute atomic E-state index is 0.0154. The third-order valence-electron chi connectivity index (χ3n) is 2.47. The highest BCUT2D eigenvalue weighted by Crippen LogP contribution is 2.17. The molecule has 0 aromatic rings. The van der Waals surface area contributed by atoms with E-state index < -0.39 is 0 Å². The topological polar surface area (TPSA) is 70.2 Å². The molecule has 1 aliphatic carbocycles. The summed E-state index contributed by atoms with van der Waals surface area (Å²) < 4.78 is 0. The molecule has 2 fully saturated rings. The third-order valence-corrected chi connectivity index (χ3v) is 2.47. The Labute approximate surface area is 82.6 Å². The molecule has 5 heteroatoms. The minimum Gasteiger partial charge on any atom is -0.354 e. The van der Waals surface area contributed by atoms with Gasteiger partial charge in [-0.15, -0.1) is 0 Å². The van der Waals surface area contributed by atoms with Gasteiger partial charge in [-0.2, -0.15) is 0 Å². The molecule has 1 atom stereocenters. The molecular formula is C9H15N3O2. The van der Waals surface area contributed by atoms with Crippen molar-refractivity contribution in [1.82, 2.24) is 16.0 Å². The molecule has 3 N–H and O–H groups in total. The Morgan fingerprint density at radius 3 is 2.79 bits per heavy atom. The Kier molecular flexibility index (Phi) is 2.67. The minimum atomic E-state index is -0.0176. The van der Waals surface area contributed by atoms with Gasteiger partial charge in [-0.1, -0.05) is 0 Å². The summed E-state index contributed by atoms with van der Waals surface area (Å²) in [6, 6.07) is 0.528. The SMILES string of the molecule is O=C1CC(NC(=O)CNC2CC2)CN1. The molecule has 1 unspecified atom stereocenters. The Bertz CT molecular complexity index is 250. The molecule has 14 heavy (non-hydrogen) atoms. The normalized spacial score (nSPS) is 26.0. The maximum atomic E-state index is 11.3. The van der Waals surface area contributed by atoms with Crippen molar-refractivity contribution >= 4 is 11.8 Å². The fourth-order valence-corrected chi connectivity index (χ4v) is 1.51. The lowest BCUT2D eigenvalue weighted by Crippen LogP contribution is -2.41. The first kappa shape index (κ1) is 9.45. The summed E-state index contributed by atoms with van der Waals surface area (Å²) in [4.78, 5) is 22.2. The molecule has 1 aliphatic heterocycles. The molecule has 2 rings (SSSR count). The van der Waals surface area contributed by atoms with Crippen LogP contribution in [0.1, 0.15) is 19.3 Å². The standard InChI is InChI=1S/C9H15N3O2/c13-8-3-7(4-11-8)12-9(14)5-10-6-1-2-6/h6-7,10H,1-5H2,(H,11,13)(H,12,14). The van der Waals surface area contributed by atoms with Crippen molar-refractivity contribution in [2.24, 2.45) is 0 Å². The van der Waals surface area contributed by atoms with Gasteiger partial charge in [-0.05, 0) is 12.8 Å². The van der Waals surface area contributed by atoms with E-state index in [2.05, 4.69) is 16.0 Å². The van der Waals surface area contributed by atoms with Crippen LogP contribution in [0.3, 0.4) is 0 Å². The number of amides is 2. The summed E-state index contributed by atoms with van der Waals surface area (Å²) >= 11 is 0. The van der Waals surface area contributed by atoms with Crippen LogP contribution in [-0.4, -0.2) is 37.0 Å². The van der Waals surface area contributed by atoms with Crippen LogP contribution in [0, 0.1) is 0 Å². The number of hydrogen-bond donors (Lipinski definition) is 3. The van der Waals surface area contributed by atoms with Gasteiger partial charge in [0.05, 0.1) is 12.6 Å². The van der Waals surface area contributed by atoms with Crippen molar-refractivity contribution in [2.75, 3.05) is 13.1 Å². The Balaban J connectivity index is 1.63. The van der Waals surface area contributed by atoms with Gasteiger partial charge >= 0.3 is 0 Å². The molecule has 78 valence electrons. The predicted molar refractivity (Wildman–Crippen MR) is 50.6 cm³/mol. The van der Waals surface area contributed by atoms with Crippen LogP contribution in [0.5, 0.6) is 0 Å². The quantitative estimate of drug-likeness (QED) is 0.527. The van der Waals surface area contributed by atoms with E-state index in [1.54, 1.807) is 0 Å². The van der Waals surface area contributed by atoms with Crippen molar-refractivity contribution in [3.63, 3.8) is 0 Å². The van der Waals surface area contributed by atoms with Crippen LogP contribution in [0.25, 0.3) is 0 Å². The van der Waals surface area contributed by atoms with E-state index in [9.17, 15) is 9.59 Å². The van der Waals surface area contributed by atoms with E-state index in [0.717, 1.165) is 0 Å². The zero-order valence-electron chi connectivity index (χ0n) is 8.01. The van der Waals surface area contributed by atoms with Gasteiger partial charge in [-0.3, -0.25) is 9.59 Å². The average molecular weight is 197 g/mol. The third kappa shape index (κ3) is 2.70. The van der Waals surface area contributed by atoms with Gasteiger partial charge in [0.2, 0.25) is 11.8 Å². The van der Waals surface area contributed by atoms with E-state index in [0.29, 0.717) is 25.6 Å². The van der Waals surface area contributed by atoms with Gasteiger partial charge in [0.25, 0.3) is 0 Å². The van der Waals surface area contributed by atoms with Crippen molar-refractivity contribution in [1.29, 1.82) is 0 Å². The van der Waals surface area contributed by atoms with Gasteiger partial charge < -0.3 is 16.0 Å². The lowest BCUT2D eigenvalue weighted by molar-refractivity contribution is -0.121. The highest BCUT2D eigenvalue weighted by molar-refractivity contribution is 5.82. The maximum Gasteiger partial charge on any atom is 0.234 e. The van der Waals surface area contributed by atoms with Crippen molar-refractivity contribution in [3.8, 4) is 0 Å². The Morgan fingerprint density at radius 1 is 1.43 bits per heavy atom. The Hall–Kier alpha value is -1.10. The van der Waals surface area contributed by atoms with E-state index in [1.165, 1.54) is 12.8 Å². The number of rotatable bonds is 4. The van der Waals surface area contributed by atoms with Gasteiger partial charge in [0.15, 0.2) is 0 Å². The van der Waals surface area contributed by atoms with Crippen LogP contribution >= 0.6 is 0 Å². The first-order chi connectivity index (χ1) is 6.74. The fraction of sp³-hybridized carbons (Fsp3) is 0.778. The molecule has 5 nitrogen and oxygen atoms in total. The molecule has 1 saturated carbocycles. The second-order valence-electron chi connectivity index (χ2n) is 3.93. The second-order valence-corrected chi connectivity index (χ2v) is 3.93. The molecule has 1 saturated heterocycles. The van der Waals surface area contributed by atoms with Crippen molar-refractivity contribution < 1.29 is 9.59 Å². The zero-order valence-corrected chi connectivity index (χ0v) is 8.01. The zero-order chi connectivity index (χ0) is 9.97. The number of hydrogen-bond acceptors (Lipinski definition) is 3. The monoisotopic (exact) mass is 197 g/mol. The molecule has 0 spiro atoms. The summed E-state index contributed by atoms with van der Waals surface area (Å²) in [7, 11) is 0. The molecule has 2 amide bonds. The maximum absolute atomic E-state index is 11.3. The van der Waals surface area contributed by atoms with Crippen molar-refractivity contribution in [2.45, 2.75) is 31.3 Å². The Morgan fingerprint density at radius 2 is 2.21 bits per heavy atom. The van der Waals surface area contributed by atoms with Crippen LogP contribution in [0.15, 0.2) is 0 Å².